The van der Waals surface area contributed by atoms with Crippen molar-refractivity contribution >= 4 is 23.5 Å². The number of hydrogen-bond donors (Lipinski definition) is 2. The van der Waals surface area contributed by atoms with Gasteiger partial charge in [0.1, 0.15) is 12.3 Å². The van der Waals surface area contributed by atoms with Crippen molar-refractivity contribution in [2.45, 2.75) is 6.42 Å². The van der Waals surface area contributed by atoms with Crippen LogP contribution in [0.5, 0.6) is 5.75 Å². The van der Waals surface area contributed by atoms with Crippen molar-refractivity contribution < 1.29 is 24.2 Å². The number of anilines is 1. The molecule has 1 aliphatic rings. The summed E-state index contributed by atoms with van der Waals surface area (Å²) in [5, 5.41) is 10.8. The summed E-state index contributed by atoms with van der Waals surface area (Å²) >= 11 is 0. The number of carboxylic acid groups (broad SMARTS) is 1. The van der Waals surface area contributed by atoms with Gasteiger partial charge in [-0.05, 0) is 23.8 Å². The summed E-state index contributed by atoms with van der Waals surface area (Å²) in [6, 6.07) is 4.46. The minimum absolute atomic E-state index is 0.0647. The molecule has 7 heteroatoms. The molecule has 2 amide bonds. The number of carbonyl (C=O) groups excluding carboxylic acids is 2. The summed E-state index contributed by atoms with van der Waals surface area (Å²) in [5.41, 5.74) is 1.28. The first-order valence-corrected chi connectivity index (χ1v) is 5.97. The fourth-order valence-corrected chi connectivity index (χ4v) is 2.05. The van der Waals surface area contributed by atoms with Crippen molar-refractivity contribution in [3.63, 3.8) is 0 Å². The Hall–Kier alpha value is -2.57. The summed E-state index contributed by atoms with van der Waals surface area (Å²) in [6.45, 7) is -0.556. The van der Waals surface area contributed by atoms with E-state index in [0.717, 1.165) is 0 Å². The van der Waals surface area contributed by atoms with Crippen LogP contribution >= 0.6 is 0 Å². The second kappa shape index (κ2) is 5.60. The summed E-state index contributed by atoms with van der Waals surface area (Å²) in [5.74, 6) is -0.655. The first kappa shape index (κ1) is 13.9. The van der Waals surface area contributed by atoms with Crippen molar-refractivity contribution in [3.8, 4) is 5.75 Å². The average Bonchev–Trinajstić information content (AvgIpc) is 2.42. The third-order valence-electron chi connectivity index (χ3n) is 2.94. The lowest BCUT2D eigenvalue weighted by Gasteiger charge is -2.28. The Labute approximate surface area is 115 Å². The summed E-state index contributed by atoms with van der Waals surface area (Å²) < 4.78 is 5.08. The van der Waals surface area contributed by atoms with Crippen molar-refractivity contribution in [2.75, 3.05) is 25.1 Å². The number of amides is 2. The van der Waals surface area contributed by atoms with Crippen LogP contribution in [0.25, 0.3) is 0 Å². The lowest BCUT2D eigenvalue weighted by Crippen LogP contribution is -2.47. The zero-order valence-corrected chi connectivity index (χ0v) is 10.9. The van der Waals surface area contributed by atoms with E-state index in [1.807, 2.05) is 0 Å². The minimum atomic E-state index is -1.14. The summed E-state index contributed by atoms with van der Waals surface area (Å²) in [4.78, 5) is 35.3. The molecule has 0 aromatic heterocycles. The Morgan fingerprint density at radius 2 is 2.20 bits per heavy atom. The van der Waals surface area contributed by atoms with E-state index in [1.54, 1.807) is 18.2 Å². The lowest BCUT2D eigenvalue weighted by molar-refractivity contribution is -0.135. The van der Waals surface area contributed by atoms with Crippen LogP contribution in [-0.4, -0.2) is 43.1 Å². The number of fused-ring (bicyclic) bond motifs is 1. The van der Waals surface area contributed by atoms with E-state index in [1.165, 1.54) is 12.0 Å². The number of carbonyl (C=O) groups is 3. The molecule has 0 atom stereocenters. The molecule has 1 aromatic rings. The van der Waals surface area contributed by atoms with E-state index in [2.05, 4.69) is 5.32 Å². The molecular formula is C13H14N2O5. The van der Waals surface area contributed by atoms with Gasteiger partial charge >= 0.3 is 12.0 Å². The second-order valence-electron chi connectivity index (χ2n) is 4.35. The van der Waals surface area contributed by atoms with Gasteiger partial charge in [-0.1, -0.05) is 0 Å². The third-order valence-corrected chi connectivity index (χ3v) is 2.94. The molecule has 0 aliphatic carbocycles. The molecule has 20 heavy (non-hydrogen) atoms. The number of Topliss-reactive ketones (excluding diaryl/α,β-unsaturated/α-hetero) is 1. The predicted octanol–water partition coefficient (Wildman–Crippen LogP) is 0.421. The first-order chi connectivity index (χ1) is 9.51. The van der Waals surface area contributed by atoms with Crippen LogP contribution in [0.15, 0.2) is 18.2 Å². The molecule has 0 unspecified atom stereocenters. The molecule has 0 fully saturated rings. The van der Waals surface area contributed by atoms with Crippen LogP contribution in [-0.2, 0) is 16.0 Å². The van der Waals surface area contributed by atoms with Crippen LogP contribution < -0.4 is 15.0 Å². The SMILES string of the molecule is COc1ccc2c(c1)CC(=O)CN2C(=O)NCC(=O)O. The van der Waals surface area contributed by atoms with Gasteiger partial charge in [-0.15, -0.1) is 0 Å². The van der Waals surface area contributed by atoms with Gasteiger partial charge < -0.3 is 15.2 Å². The minimum Gasteiger partial charge on any atom is -0.497 e. The molecule has 1 aliphatic heterocycles. The highest BCUT2D eigenvalue weighted by Gasteiger charge is 2.27. The van der Waals surface area contributed by atoms with Crippen molar-refractivity contribution in [3.05, 3.63) is 23.8 Å². The molecule has 2 rings (SSSR count). The Morgan fingerprint density at radius 1 is 1.45 bits per heavy atom. The fourth-order valence-electron chi connectivity index (χ4n) is 2.05. The molecule has 0 bridgehead atoms. The van der Waals surface area contributed by atoms with Gasteiger partial charge in [0.05, 0.1) is 13.7 Å². The standard InChI is InChI=1S/C13H14N2O5/c1-20-10-2-3-11-8(5-10)4-9(16)7-15(11)13(19)14-6-12(17)18/h2-3,5H,4,6-7H2,1H3,(H,14,19)(H,17,18). The van der Waals surface area contributed by atoms with Gasteiger partial charge in [0, 0.05) is 12.1 Å². The number of nitrogens with one attached hydrogen (secondary N) is 1. The zero-order valence-electron chi connectivity index (χ0n) is 10.9. The maximum atomic E-state index is 11.9. The maximum Gasteiger partial charge on any atom is 0.323 e. The number of methoxy groups -OCH3 is 1. The van der Waals surface area contributed by atoms with Gasteiger partial charge in [-0.2, -0.15) is 0 Å². The highest BCUT2D eigenvalue weighted by Crippen LogP contribution is 2.29. The number of aliphatic carboxylic acids is 1. The lowest BCUT2D eigenvalue weighted by atomic mass is 10.0. The number of rotatable bonds is 3. The van der Waals surface area contributed by atoms with Crippen LogP contribution in [0.1, 0.15) is 5.56 Å². The Bertz CT molecular complexity index is 570. The number of ketones is 1. The highest BCUT2D eigenvalue weighted by atomic mass is 16.5. The number of nitrogens with zero attached hydrogens (tertiary/aromatic N) is 1. The molecule has 2 N–H and O–H groups in total. The van der Waals surface area contributed by atoms with Crippen molar-refractivity contribution in [2.24, 2.45) is 0 Å². The summed E-state index contributed by atoms with van der Waals surface area (Å²) in [6.07, 6.45) is 0.231. The van der Waals surface area contributed by atoms with Crippen LogP contribution in [0, 0.1) is 0 Å². The molecule has 0 saturated heterocycles. The number of hydrogen-bond acceptors (Lipinski definition) is 4. The summed E-state index contributed by atoms with van der Waals surface area (Å²) in [7, 11) is 1.52. The largest absolute Gasteiger partial charge is 0.497 e. The normalized spacial score (nSPS) is 13.7. The Morgan fingerprint density at radius 3 is 2.85 bits per heavy atom. The quantitative estimate of drug-likeness (QED) is 0.835. The number of urea groups is 1. The number of ether oxygens (including phenoxy) is 1. The maximum absolute atomic E-state index is 11.9. The average molecular weight is 278 g/mol. The molecule has 106 valence electrons. The molecular weight excluding hydrogens is 264 g/mol. The van der Waals surface area contributed by atoms with Crippen LogP contribution in [0.3, 0.4) is 0 Å². The predicted molar refractivity (Wildman–Crippen MR) is 70.1 cm³/mol. The van der Waals surface area contributed by atoms with Gasteiger partial charge in [0.25, 0.3) is 0 Å². The molecule has 0 spiro atoms. The van der Waals surface area contributed by atoms with E-state index >= 15 is 0 Å². The molecule has 1 heterocycles. The first-order valence-electron chi connectivity index (χ1n) is 5.97. The molecule has 0 radical (unpaired) electrons. The Balaban J connectivity index is 2.25. The van der Waals surface area contributed by atoms with Crippen molar-refractivity contribution in [1.82, 2.24) is 5.32 Å². The monoisotopic (exact) mass is 278 g/mol. The van der Waals surface area contributed by atoms with Gasteiger partial charge in [-0.25, -0.2) is 4.79 Å². The van der Waals surface area contributed by atoms with E-state index in [0.29, 0.717) is 17.0 Å². The third kappa shape index (κ3) is 2.87. The van der Waals surface area contributed by atoms with Gasteiger partial charge in [-0.3, -0.25) is 14.5 Å². The molecule has 1 aromatic carbocycles. The van der Waals surface area contributed by atoms with Crippen LogP contribution in [0.2, 0.25) is 0 Å². The number of benzene rings is 1. The molecule has 0 saturated carbocycles. The second-order valence-corrected chi connectivity index (χ2v) is 4.35. The van der Waals surface area contributed by atoms with E-state index in [9.17, 15) is 14.4 Å². The van der Waals surface area contributed by atoms with Gasteiger partial charge in [0.15, 0.2) is 5.78 Å². The fraction of sp³-hybridized carbons (Fsp3) is 0.308. The van der Waals surface area contributed by atoms with E-state index in [4.69, 9.17) is 9.84 Å². The van der Waals surface area contributed by atoms with Crippen LogP contribution in [0.4, 0.5) is 10.5 Å². The highest BCUT2D eigenvalue weighted by molar-refractivity contribution is 6.03. The van der Waals surface area contributed by atoms with Gasteiger partial charge in [0.2, 0.25) is 0 Å². The van der Waals surface area contributed by atoms with Crippen molar-refractivity contribution in [1.29, 1.82) is 0 Å². The van der Waals surface area contributed by atoms with E-state index in [-0.39, 0.29) is 18.7 Å². The topological polar surface area (TPSA) is 95.9 Å². The molecule has 7 nitrogen and oxygen atoms in total. The van der Waals surface area contributed by atoms with E-state index < -0.39 is 18.5 Å². The Kier molecular flexibility index (Phi) is 3.88. The number of carboxylic acids is 1. The smallest absolute Gasteiger partial charge is 0.323 e. The zero-order chi connectivity index (χ0) is 14.7.